The highest BCUT2D eigenvalue weighted by atomic mass is 79.9. The van der Waals surface area contributed by atoms with Crippen LogP contribution >= 0.6 is 38.9 Å². The van der Waals surface area contributed by atoms with Crippen molar-refractivity contribution >= 4 is 61.1 Å². The van der Waals surface area contributed by atoms with Gasteiger partial charge < -0.3 is 0 Å². The number of nitrogens with zero attached hydrogens (tertiary/aromatic N) is 1. The van der Waals surface area contributed by atoms with Crippen molar-refractivity contribution in [2.24, 2.45) is 5.10 Å². The first kappa shape index (κ1) is 16.2. The lowest BCUT2D eigenvalue weighted by molar-refractivity contribution is 0.0959. The number of fused-ring (bicyclic) bond motifs is 1. The second-order valence-electron chi connectivity index (χ2n) is 5.00. The number of amides is 1. The lowest BCUT2D eigenvalue weighted by Crippen LogP contribution is -2.16. The summed E-state index contributed by atoms with van der Waals surface area (Å²) in [7, 11) is 0. The van der Waals surface area contributed by atoms with E-state index in [0.29, 0.717) is 9.90 Å². The van der Waals surface area contributed by atoms with E-state index in [1.165, 1.54) is 11.3 Å². The number of carbonyl (C=O) groups is 1. The van der Waals surface area contributed by atoms with Gasteiger partial charge in [0.15, 0.2) is 0 Å². The molecule has 0 unspecified atom stereocenters. The van der Waals surface area contributed by atoms with E-state index < -0.39 is 0 Å². The van der Waals surface area contributed by atoms with E-state index in [9.17, 15) is 4.79 Å². The number of hydrogen-bond acceptors (Lipinski definition) is 3. The van der Waals surface area contributed by atoms with Gasteiger partial charge in [-0.15, -0.1) is 11.3 Å². The van der Waals surface area contributed by atoms with Gasteiger partial charge in [-0.2, -0.15) is 5.10 Å². The predicted octanol–water partition coefficient (Wildman–Crippen LogP) is 5.39. The quantitative estimate of drug-likeness (QED) is 0.459. The third-order valence-corrected chi connectivity index (χ3v) is 5.43. The second-order valence-corrected chi connectivity index (χ2v) is 7.34. The Hall–Kier alpha value is -1.69. The van der Waals surface area contributed by atoms with E-state index >= 15 is 0 Å². The zero-order chi connectivity index (χ0) is 16.4. The molecule has 0 aliphatic heterocycles. The first-order valence-corrected chi connectivity index (χ1v) is 8.81. The maximum atomic E-state index is 12.3. The van der Waals surface area contributed by atoms with Crippen LogP contribution in [0.1, 0.15) is 20.8 Å². The number of nitrogens with one attached hydrogen (secondary N) is 1. The van der Waals surface area contributed by atoms with Crippen LogP contribution in [0.4, 0.5) is 0 Å². The molecule has 3 aromatic rings. The highest BCUT2D eigenvalue weighted by molar-refractivity contribution is 9.10. The van der Waals surface area contributed by atoms with Crippen molar-refractivity contribution in [2.75, 3.05) is 0 Å². The summed E-state index contributed by atoms with van der Waals surface area (Å²) in [5.41, 5.74) is 4.55. The minimum atomic E-state index is -0.304. The number of benzene rings is 2. The van der Waals surface area contributed by atoms with Crippen LogP contribution in [0, 0.1) is 6.92 Å². The zero-order valence-corrected chi connectivity index (χ0v) is 15.3. The molecule has 3 nitrogen and oxygen atoms in total. The van der Waals surface area contributed by atoms with Crippen LogP contribution in [-0.2, 0) is 0 Å². The average Bonchev–Trinajstić information content (AvgIpc) is 2.85. The summed E-state index contributed by atoms with van der Waals surface area (Å²) in [4.78, 5) is 12.7. The fourth-order valence-electron chi connectivity index (χ4n) is 2.08. The molecule has 0 atom stereocenters. The van der Waals surface area contributed by atoms with Crippen molar-refractivity contribution in [1.82, 2.24) is 5.43 Å². The van der Waals surface area contributed by atoms with Gasteiger partial charge >= 0.3 is 0 Å². The van der Waals surface area contributed by atoms with Crippen molar-refractivity contribution in [3.8, 4) is 0 Å². The Labute approximate surface area is 151 Å². The van der Waals surface area contributed by atoms with Crippen LogP contribution in [0.15, 0.2) is 52.0 Å². The van der Waals surface area contributed by atoms with E-state index in [1.54, 1.807) is 6.21 Å². The predicted molar refractivity (Wildman–Crippen MR) is 101 cm³/mol. The molecule has 0 spiro atoms. The molecule has 1 amide bonds. The normalized spacial score (nSPS) is 11.3. The van der Waals surface area contributed by atoms with Gasteiger partial charge in [0, 0.05) is 14.6 Å². The second kappa shape index (κ2) is 6.83. The van der Waals surface area contributed by atoms with Crippen molar-refractivity contribution in [3.63, 3.8) is 0 Å². The molecule has 0 saturated heterocycles. The van der Waals surface area contributed by atoms with Crippen LogP contribution in [0.25, 0.3) is 10.1 Å². The van der Waals surface area contributed by atoms with E-state index in [4.69, 9.17) is 11.6 Å². The molecule has 0 saturated carbocycles. The molecule has 116 valence electrons. The lowest BCUT2D eigenvalue weighted by Gasteiger charge is -1.97. The van der Waals surface area contributed by atoms with Crippen molar-refractivity contribution < 1.29 is 4.79 Å². The maximum absolute atomic E-state index is 12.3. The van der Waals surface area contributed by atoms with Crippen LogP contribution in [0.2, 0.25) is 5.02 Å². The Kier molecular flexibility index (Phi) is 4.80. The number of halogens is 2. The average molecular weight is 408 g/mol. The first-order valence-electron chi connectivity index (χ1n) is 6.82. The molecule has 23 heavy (non-hydrogen) atoms. The van der Waals surface area contributed by atoms with Crippen molar-refractivity contribution in [3.05, 3.63) is 68.0 Å². The molecule has 3 rings (SSSR count). The summed E-state index contributed by atoms with van der Waals surface area (Å²) >= 11 is 11.1. The lowest BCUT2D eigenvalue weighted by atomic mass is 10.2. The number of hydrogen-bond donors (Lipinski definition) is 1. The Morgan fingerprint density at radius 3 is 2.74 bits per heavy atom. The van der Waals surface area contributed by atoms with Gasteiger partial charge in [-0.05, 0) is 36.2 Å². The monoisotopic (exact) mass is 406 g/mol. The third-order valence-electron chi connectivity index (χ3n) is 3.24. The molecule has 0 radical (unpaired) electrons. The Bertz CT molecular complexity index is 903. The third kappa shape index (κ3) is 3.63. The summed E-state index contributed by atoms with van der Waals surface area (Å²) in [5, 5.41) is 5.35. The number of thiophene rings is 1. The SMILES string of the molecule is Cc1ccc2c(Cl)c(C(=O)NN=Cc3ccc(Br)cc3)sc2c1. The zero-order valence-electron chi connectivity index (χ0n) is 12.1. The summed E-state index contributed by atoms with van der Waals surface area (Å²) in [6.07, 6.45) is 1.59. The number of aryl methyl sites for hydroxylation is 1. The number of rotatable bonds is 3. The van der Waals surface area contributed by atoms with E-state index in [-0.39, 0.29) is 5.91 Å². The summed E-state index contributed by atoms with van der Waals surface area (Å²) in [6, 6.07) is 13.6. The number of carbonyl (C=O) groups excluding carboxylic acids is 1. The Morgan fingerprint density at radius 1 is 1.26 bits per heavy atom. The molecule has 1 aromatic heterocycles. The fraction of sp³-hybridized carbons (Fsp3) is 0.0588. The fourth-order valence-corrected chi connectivity index (χ4v) is 3.85. The highest BCUT2D eigenvalue weighted by Crippen LogP contribution is 2.35. The van der Waals surface area contributed by atoms with Gasteiger partial charge in [-0.25, -0.2) is 5.43 Å². The minimum absolute atomic E-state index is 0.304. The Morgan fingerprint density at radius 2 is 2.00 bits per heavy atom. The Balaban J connectivity index is 1.78. The molecular formula is C17H12BrClN2OS. The van der Waals surface area contributed by atoms with E-state index in [0.717, 1.165) is 25.7 Å². The van der Waals surface area contributed by atoms with Gasteiger partial charge in [0.05, 0.1) is 11.2 Å². The number of hydrazone groups is 1. The summed E-state index contributed by atoms with van der Waals surface area (Å²) < 4.78 is 1.99. The van der Waals surface area contributed by atoms with Crippen LogP contribution in [0.5, 0.6) is 0 Å². The first-order chi connectivity index (χ1) is 11.0. The molecular weight excluding hydrogens is 396 g/mol. The van der Waals surface area contributed by atoms with Crippen LogP contribution < -0.4 is 5.43 Å². The molecule has 0 fully saturated rings. The standard InChI is InChI=1S/C17H12BrClN2OS/c1-10-2-7-13-14(8-10)23-16(15(13)19)17(22)21-20-9-11-3-5-12(18)6-4-11/h2-9H,1H3,(H,21,22). The van der Waals surface area contributed by atoms with Gasteiger partial charge in [0.2, 0.25) is 0 Å². The molecule has 6 heteroatoms. The van der Waals surface area contributed by atoms with Gasteiger partial charge in [0.1, 0.15) is 4.88 Å². The molecule has 0 aliphatic rings. The van der Waals surface area contributed by atoms with E-state index in [2.05, 4.69) is 26.5 Å². The van der Waals surface area contributed by atoms with Crippen LogP contribution in [0.3, 0.4) is 0 Å². The summed E-state index contributed by atoms with van der Waals surface area (Å²) in [6.45, 7) is 2.01. The highest BCUT2D eigenvalue weighted by Gasteiger charge is 2.16. The topological polar surface area (TPSA) is 41.5 Å². The summed E-state index contributed by atoms with van der Waals surface area (Å²) in [5.74, 6) is -0.304. The van der Waals surface area contributed by atoms with Gasteiger partial charge in [-0.1, -0.05) is 51.8 Å². The van der Waals surface area contributed by atoms with Gasteiger partial charge in [0.25, 0.3) is 5.91 Å². The smallest absolute Gasteiger partial charge is 0.266 e. The van der Waals surface area contributed by atoms with Crippen LogP contribution in [-0.4, -0.2) is 12.1 Å². The van der Waals surface area contributed by atoms with Crippen molar-refractivity contribution in [1.29, 1.82) is 0 Å². The molecule has 0 bridgehead atoms. The molecule has 1 heterocycles. The molecule has 0 aliphatic carbocycles. The van der Waals surface area contributed by atoms with Gasteiger partial charge in [-0.3, -0.25) is 4.79 Å². The largest absolute Gasteiger partial charge is 0.283 e. The molecule has 1 N–H and O–H groups in total. The van der Waals surface area contributed by atoms with Crippen molar-refractivity contribution in [2.45, 2.75) is 6.92 Å². The minimum Gasteiger partial charge on any atom is -0.266 e. The molecule has 2 aromatic carbocycles. The van der Waals surface area contributed by atoms with E-state index in [1.807, 2.05) is 49.4 Å². The maximum Gasteiger partial charge on any atom is 0.283 e.